The first-order chi connectivity index (χ1) is 8.34. The molecule has 17 heavy (non-hydrogen) atoms. The first-order valence-corrected chi connectivity index (χ1v) is 7.51. The molecular formula is C14H26N2O. The molecule has 0 aromatic rings. The van der Waals surface area contributed by atoms with E-state index in [2.05, 4.69) is 9.80 Å². The van der Waals surface area contributed by atoms with Gasteiger partial charge in [-0.25, -0.2) is 0 Å². The van der Waals surface area contributed by atoms with Crippen molar-refractivity contribution in [2.75, 3.05) is 26.2 Å². The number of aliphatic hydroxyl groups is 1. The zero-order chi connectivity index (χ0) is 11.7. The van der Waals surface area contributed by atoms with E-state index in [1.165, 1.54) is 64.7 Å². The van der Waals surface area contributed by atoms with Crippen LogP contribution >= 0.6 is 0 Å². The predicted octanol–water partition coefficient (Wildman–Crippen LogP) is 1.46. The molecule has 0 amide bonds. The van der Waals surface area contributed by atoms with Gasteiger partial charge < -0.3 is 5.11 Å². The normalized spacial score (nSPS) is 41.1. The minimum atomic E-state index is -0.0546. The summed E-state index contributed by atoms with van der Waals surface area (Å²) in [6.07, 6.45) is 8.83. The van der Waals surface area contributed by atoms with E-state index in [9.17, 15) is 5.11 Å². The van der Waals surface area contributed by atoms with E-state index in [1.807, 2.05) is 0 Å². The molecule has 3 fully saturated rings. The van der Waals surface area contributed by atoms with Gasteiger partial charge in [-0.05, 0) is 45.2 Å². The van der Waals surface area contributed by atoms with Gasteiger partial charge in [0, 0.05) is 25.2 Å². The molecule has 3 nitrogen and oxygen atoms in total. The molecule has 2 aliphatic heterocycles. The second kappa shape index (κ2) is 5.25. The van der Waals surface area contributed by atoms with Crippen molar-refractivity contribution in [2.45, 2.75) is 63.1 Å². The number of rotatable bonds is 2. The molecule has 0 spiro atoms. The number of hydrogen-bond donors (Lipinski definition) is 1. The van der Waals surface area contributed by atoms with Gasteiger partial charge in [-0.1, -0.05) is 12.8 Å². The van der Waals surface area contributed by atoms with Crippen molar-refractivity contribution in [2.24, 2.45) is 0 Å². The van der Waals surface area contributed by atoms with E-state index in [0.717, 1.165) is 12.5 Å². The Labute approximate surface area is 105 Å². The van der Waals surface area contributed by atoms with Crippen molar-refractivity contribution in [1.29, 1.82) is 0 Å². The minimum absolute atomic E-state index is 0.0546. The fourth-order valence-electron chi connectivity index (χ4n) is 3.99. The van der Waals surface area contributed by atoms with E-state index >= 15 is 0 Å². The second-order valence-corrected chi connectivity index (χ2v) is 6.10. The van der Waals surface area contributed by atoms with Crippen molar-refractivity contribution in [3.05, 3.63) is 0 Å². The summed E-state index contributed by atoms with van der Waals surface area (Å²) in [5.74, 6) is 0. The van der Waals surface area contributed by atoms with Crippen molar-refractivity contribution >= 4 is 0 Å². The van der Waals surface area contributed by atoms with Crippen LogP contribution in [0.15, 0.2) is 0 Å². The standard InChI is InChI=1S/C14H26N2O/c17-14-6-2-1-5-13(14)16-10-7-12(11-16)15-8-3-4-9-15/h12-14,17H,1-11H2. The zero-order valence-corrected chi connectivity index (χ0v) is 10.9. The van der Waals surface area contributed by atoms with Crippen LogP contribution in [0.4, 0.5) is 0 Å². The molecule has 3 heteroatoms. The van der Waals surface area contributed by atoms with E-state index in [0.29, 0.717) is 6.04 Å². The lowest BCUT2D eigenvalue weighted by atomic mass is 9.91. The highest BCUT2D eigenvalue weighted by molar-refractivity contribution is 4.92. The Morgan fingerprint density at radius 2 is 1.53 bits per heavy atom. The molecule has 3 aliphatic rings. The highest BCUT2D eigenvalue weighted by atomic mass is 16.3. The summed E-state index contributed by atoms with van der Waals surface area (Å²) < 4.78 is 0. The molecule has 2 saturated heterocycles. The van der Waals surface area contributed by atoms with Crippen molar-refractivity contribution in [1.82, 2.24) is 9.80 Å². The molecule has 3 rings (SSSR count). The molecule has 1 N–H and O–H groups in total. The van der Waals surface area contributed by atoms with Crippen LogP contribution in [0.3, 0.4) is 0 Å². The first kappa shape index (κ1) is 11.9. The van der Waals surface area contributed by atoms with E-state index in [1.54, 1.807) is 0 Å². The third kappa shape index (κ3) is 2.51. The third-order valence-electron chi connectivity index (χ3n) is 5.01. The van der Waals surface area contributed by atoms with Gasteiger partial charge in [0.1, 0.15) is 0 Å². The van der Waals surface area contributed by atoms with Crippen LogP contribution in [0.1, 0.15) is 44.9 Å². The van der Waals surface area contributed by atoms with Crippen LogP contribution in [0.25, 0.3) is 0 Å². The smallest absolute Gasteiger partial charge is 0.0695 e. The highest BCUT2D eigenvalue weighted by Gasteiger charge is 2.36. The number of likely N-dealkylation sites (tertiary alicyclic amines) is 2. The average Bonchev–Trinajstić information content (AvgIpc) is 3.00. The summed E-state index contributed by atoms with van der Waals surface area (Å²) in [6.45, 7) is 5.04. The van der Waals surface area contributed by atoms with E-state index in [4.69, 9.17) is 0 Å². The fourth-order valence-corrected chi connectivity index (χ4v) is 3.99. The average molecular weight is 238 g/mol. The highest BCUT2D eigenvalue weighted by Crippen LogP contribution is 2.28. The lowest BCUT2D eigenvalue weighted by Gasteiger charge is -2.35. The Morgan fingerprint density at radius 1 is 0.765 bits per heavy atom. The molecule has 0 aromatic heterocycles. The summed E-state index contributed by atoms with van der Waals surface area (Å²) in [6, 6.07) is 1.25. The number of aliphatic hydroxyl groups excluding tert-OH is 1. The van der Waals surface area contributed by atoms with E-state index < -0.39 is 0 Å². The maximum Gasteiger partial charge on any atom is 0.0695 e. The van der Waals surface area contributed by atoms with Crippen LogP contribution in [-0.4, -0.2) is 59.3 Å². The first-order valence-electron chi connectivity index (χ1n) is 7.51. The van der Waals surface area contributed by atoms with Crippen LogP contribution in [0.2, 0.25) is 0 Å². The van der Waals surface area contributed by atoms with Crippen molar-refractivity contribution in [3.63, 3.8) is 0 Å². The second-order valence-electron chi connectivity index (χ2n) is 6.10. The quantitative estimate of drug-likeness (QED) is 0.789. The molecular weight excluding hydrogens is 212 g/mol. The van der Waals surface area contributed by atoms with Gasteiger partial charge in [-0.15, -0.1) is 0 Å². The Morgan fingerprint density at radius 3 is 2.29 bits per heavy atom. The number of nitrogens with zero attached hydrogens (tertiary/aromatic N) is 2. The van der Waals surface area contributed by atoms with E-state index in [-0.39, 0.29) is 6.10 Å². The topological polar surface area (TPSA) is 26.7 Å². The van der Waals surface area contributed by atoms with Gasteiger partial charge in [0.05, 0.1) is 6.10 Å². The molecule has 0 aromatic carbocycles. The molecule has 1 saturated carbocycles. The Bertz CT molecular complexity index is 253. The monoisotopic (exact) mass is 238 g/mol. The SMILES string of the molecule is OC1CCCCC1N1CCC(N2CCCC2)C1. The fraction of sp³-hybridized carbons (Fsp3) is 1.00. The molecule has 0 radical (unpaired) electrons. The minimum Gasteiger partial charge on any atom is -0.391 e. The Balaban J connectivity index is 1.55. The van der Waals surface area contributed by atoms with Crippen molar-refractivity contribution < 1.29 is 5.11 Å². The van der Waals surface area contributed by atoms with Crippen LogP contribution in [-0.2, 0) is 0 Å². The lowest BCUT2D eigenvalue weighted by molar-refractivity contribution is 0.0279. The zero-order valence-electron chi connectivity index (χ0n) is 10.9. The van der Waals surface area contributed by atoms with Crippen molar-refractivity contribution in [3.8, 4) is 0 Å². The van der Waals surface area contributed by atoms with Crippen LogP contribution < -0.4 is 0 Å². The molecule has 98 valence electrons. The van der Waals surface area contributed by atoms with Gasteiger partial charge in [0.25, 0.3) is 0 Å². The summed E-state index contributed by atoms with van der Waals surface area (Å²) in [5, 5.41) is 10.1. The van der Waals surface area contributed by atoms with Gasteiger partial charge in [-0.2, -0.15) is 0 Å². The lowest BCUT2D eigenvalue weighted by Crippen LogP contribution is -2.45. The van der Waals surface area contributed by atoms with Gasteiger partial charge in [0.2, 0.25) is 0 Å². The van der Waals surface area contributed by atoms with Gasteiger partial charge in [-0.3, -0.25) is 9.80 Å². The Kier molecular flexibility index (Phi) is 3.69. The Hall–Kier alpha value is -0.120. The molecule has 1 aliphatic carbocycles. The maximum atomic E-state index is 10.1. The molecule has 3 atom stereocenters. The van der Waals surface area contributed by atoms with Gasteiger partial charge >= 0.3 is 0 Å². The molecule has 2 heterocycles. The van der Waals surface area contributed by atoms with Crippen LogP contribution in [0.5, 0.6) is 0 Å². The largest absolute Gasteiger partial charge is 0.391 e. The maximum absolute atomic E-state index is 10.1. The van der Waals surface area contributed by atoms with Crippen LogP contribution in [0, 0.1) is 0 Å². The van der Waals surface area contributed by atoms with Gasteiger partial charge in [0.15, 0.2) is 0 Å². The number of hydrogen-bond acceptors (Lipinski definition) is 3. The predicted molar refractivity (Wildman–Crippen MR) is 69.0 cm³/mol. The summed E-state index contributed by atoms with van der Waals surface area (Å²) in [7, 11) is 0. The molecule has 3 unspecified atom stereocenters. The molecule has 0 bridgehead atoms. The third-order valence-corrected chi connectivity index (χ3v) is 5.01. The summed E-state index contributed by atoms with van der Waals surface area (Å²) in [5.41, 5.74) is 0. The summed E-state index contributed by atoms with van der Waals surface area (Å²) >= 11 is 0. The summed E-state index contributed by atoms with van der Waals surface area (Å²) in [4.78, 5) is 5.25.